The van der Waals surface area contributed by atoms with E-state index < -0.39 is 5.91 Å². The number of oxazole rings is 1. The van der Waals surface area contributed by atoms with E-state index in [2.05, 4.69) is 20.5 Å². The minimum absolute atomic E-state index is 0.105. The highest BCUT2D eigenvalue weighted by molar-refractivity contribution is 6.04. The third-order valence-electron chi connectivity index (χ3n) is 7.29. The van der Waals surface area contributed by atoms with Gasteiger partial charge in [0.05, 0.1) is 24.6 Å². The quantitative estimate of drug-likeness (QED) is 0.462. The SMILES string of the molecule is NC(=O)C1CCN(c2cc(COC(=O)N3CCNCC3)ccc2NC(=O)c2coc(N3CCOCC3)n2)CC1. The van der Waals surface area contributed by atoms with E-state index in [0.29, 0.717) is 77.0 Å². The second-order valence-corrected chi connectivity index (χ2v) is 9.88. The fraction of sp³-hybridized carbons (Fsp3) is 0.538. The van der Waals surface area contributed by atoms with E-state index in [0.717, 1.165) is 24.3 Å². The molecule has 2 aromatic rings. The molecule has 0 saturated carbocycles. The summed E-state index contributed by atoms with van der Waals surface area (Å²) in [4.78, 5) is 47.4. The standard InChI is InChI=1S/C26H35N7O6/c27-23(34)19-3-7-31(8-4-19)22-15-18(16-39-26(36)33-9-5-28-6-10-33)1-2-20(22)29-24(35)21-17-38-25(30-21)32-11-13-37-14-12-32/h1-2,15,17,19,28H,3-14,16H2,(H2,27,34)(H,29,35). The number of nitrogens with two attached hydrogens (primary N) is 1. The number of benzene rings is 1. The van der Waals surface area contributed by atoms with Crippen molar-refractivity contribution < 1.29 is 28.3 Å². The van der Waals surface area contributed by atoms with Gasteiger partial charge in [-0.1, -0.05) is 6.07 Å². The van der Waals surface area contributed by atoms with E-state index in [4.69, 9.17) is 19.6 Å². The molecule has 13 heteroatoms. The lowest BCUT2D eigenvalue weighted by atomic mass is 9.95. The van der Waals surface area contributed by atoms with Gasteiger partial charge in [-0.2, -0.15) is 4.98 Å². The normalized spacial score (nSPS) is 18.6. The van der Waals surface area contributed by atoms with Gasteiger partial charge in [0.2, 0.25) is 5.91 Å². The molecule has 13 nitrogen and oxygen atoms in total. The fourth-order valence-electron chi connectivity index (χ4n) is 4.98. The first-order chi connectivity index (χ1) is 19.0. The minimum Gasteiger partial charge on any atom is -0.445 e. The molecule has 210 valence electrons. The molecule has 3 amide bonds. The van der Waals surface area contributed by atoms with Crippen molar-refractivity contribution in [2.75, 3.05) is 80.7 Å². The zero-order valence-corrected chi connectivity index (χ0v) is 21.9. The molecule has 0 aliphatic carbocycles. The summed E-state index contributed by atoms with van der Waals surface area (Å²) in [6, 6.07) is 5.92. The van der Waals surface area contributed by atoms with Crippen molar-refractivity contribution in [2.24, 2.45) is 11.7 Å². The van der Waals surface area contributed by atoms with Crippen LogP contribution in [0.15, 0.2) is 28.9 Å². The molecule has 3 aliphatic rings. The third kappa shape index (κ3) is 6.60. The lowest BCUT2D eigenvalue weighted by Crippen LogP contribution is -2.46. The summed E-state index contributed by atoms with van der Waals surface area (Å²) in [5.74, 6) is -0.862. The number of hydrogen-bond donors (Lipinski definition) is 3. The zero-order valence-electron chi connectivity index (χ0n) is 21.9. The maximum Gasteiger partial charge on any atom is 0.410 e. The molecule has 39 heavy (non-hydrogen) atoms. The maximum atomic E-state index is 13.1. The van der Waals surface area contributed by atoms with Gasteiger partial charge in [-0.05, 0) is 30.5 Å². The smallest absolute Gasteiger partial charge is 0.410 e. The molecule has 0 atom stereocenters. The summed E-state index contributed by atoms with van der Waals surface area (Å²) in [6.45, 7) is 6.47. The Bertz CT molecular complexity index is 1170. The Balaban J connectivity index is 1.30. The number of anilines is 3. The molecular weight excluding hydrogens is 506 g/mol. The van der Waals surface area contributed by atoms with Gasteiger partial charge in [0.1, 0.15) is 12.9 Å². The first-order valence-corrected chi connectivity index (χ1v) is 13.4. The van der Waals surface area contributed by atoms with Crippen molar-refractivity contribution in [3.05, 3.63) is 35.7 Å². The lowest BCUT2D eigenvalue weighted by Gasteiger charge is -2.34. The predicted octanol–water partition coefficient (Wildman–Crippen LogP) is 1.01. The Morgan fingerprint density at radius 2 is 1.79 bits per heavy atom. The number of hydrogen-bond acceptors (Lipinski definition) is 10. The molecule has 5 rings (SSSR count). The highest BCUT2D eigenvalue weighted by Gasteiger charge is 2.26. The second kappa shape index (κ2) is 12.3. The van der Waals surface area contributed by atoms with Gasteiger partial charge in [-0.15, -0.1) is 0 Å². The molecule has 4 N–H and O–H groups in total. The molecule has 0 radical (unpaired) electrons. The van der Waals surface area contributed by atoms with Gasteiger partial charge in [-0.25, -0.2) is 4.79 Å². The summed E-state index contributed by atoms with van der Waals surface area (Å²) in [7, 11) is 0. The first-order valence-electron chi connectivity index (χ1n) is 13.4. The van der Waals surface area contributed by atoms with Gasteiger partial charge in [0.25, 0.3) is 11.9 Å². The Hall–Kier alpha value is -3.84. The van der Waals surface area contributed by atoms with Crippen molar-refractivity contribution in [2.45, 2.75) is 19.4 Å². The number of carbonyl (C=O) groups excluding carboxylic acids is 3. The Morgan fingerprint density at radius 1 is 1.05 bits per heavy atom. The largest absolute Gasteiger partial charge is 0.445 e. The summed E-state index contributed by atoms with van der Waals surface area (Å²) in [5.41, 5.74) is 7.85. The van der Waals surface area contributed by atoms with Gasteiger partial charge in [0.15, 0.2) is 5.69 Å². The third-order valence-corrected chi connectivity index (χ3v) is 7.29. The number of primary amides is 1. The molecule has 3 aliphatic heterocycles. The van der Waals surface area contributed by atoms with Crippen LogP contribution in [0.3, 0.4) is 0 Å². The molecule has 4 heterocycles. The van der Waals surface area contributed by atoms with Crippen molar-refractivity contribution in [3.8, 4) is 0 Å². The van der Waals surface area contributed by atoms with Crippen LogP contribution in [0.25, 0.3) is 0 Å². The van der Waals surface area contributed by atoms with Gasteiger partial charge in [-0.3, -0.25) is 9.59 Å². The van der Waals surface area contributed by atoms with Crippen LogP contribution in [0.1, 0.15) is 28.9 Å². The Kier molecular flexibility index (Phi) is 8.47. The van der Waals surface area contributed by atoms with Crippen molar-refractivity contribution >= 4 is 35.3 Å². The van der Waals surface area contributed by atoms with Crippen LogP contribution >= 0.6 is 0 Å². The number of piperidine rings is 1. The summed E-state index contributed by atoms with van der Waals surface area (Å²) in [6.07, 6.45) is 2.25. The monoisotopic (exact) mass is 541 g/mol. The van der Waals surface area contributed by atoms with Crippen molar-refractivity contribution in [3.63, 3.8) is 0 Å². The number of carbonyl (C=O) groups is 3. The van der Waals surface area contributed by atoms with E-state index >= 15 is 0 Å². The maximum absolute atomic E-state index is 13.1. The molecule has 0 unspecified atom stereocenters. The van der Waals surface area contributed by atoms with E-state index in [1.807, 2.05) is 17.0 Å². The van der Waals surface area contributed by atoms with Gasteiger partial charge in [0, 0.05) is 58.3 Å². The van der Waals surface area contributed by atoms with E-state index in [-0.39, 0.29) is 30.2 Å². The number of ether oxygens (including phenoxy) is 2. The molecule has 0 bridgehead atoms. The van der Waals surface area contributed by atoms with Crippen LogP contribution < -0.4 is 26.2 Å². The van der Waals surface area contributed by atoms with Crippen LogP contribution in [-0.4, -0.2) is 93.4 Å². The molecule has 1 aromatic heterocycles. The molecule has 0 spiro atoms. The summed E-state index contributed by atoms with van der Waals surface area (Å²) < 4.78 is 16.5. The van der Waals surface area contributed by atoms with Crippen LogP contribution in [-0.2, 0) is 20.9 Å². The van der Waals surface area contributed by atoms with Crippen LogP contribution in [0.2, 0.25) is 0 Å². The van der Waals surface area contributed by atoms with E-state index in [9.17, 15) is 14.4 Å². The van der Waals surface area contributed by atoms with Crippen molar-refractivity contribution in [1.29, 1.82) is 0 Å². The Morgan fingerprint density at radius 3 is 2.51 bits per heavy atom. The molecule has 1 aromatic carbocycles. The number of morpholine rings is 1. The van der Waals surface area contributed by atoms with E-state index in [1.54, 1.807) is 11.0 Å². The van der Waals surface area contributed by atoms with Gasteiger partial charge >= 0.3 is 6.09 Å². The first kappa shape index (κ1) is 26.8. The molecular formula is C26H35N7O6. The molecule has 3 saturated heterocycles. The van der Waals surface area contributed by atoms with Crippen LogP contribution in [0.5, 0.6) is 0 Å². The summed E-state index contributed by atoms with van der Waals surface area (Å²) >= 11 is 0. The average molecular weight is 542 g/mol. The number of nitrogens with one attached hydrogen (secondary N) is 2. The highest BCUT2D eigenvalue weighted by Crippen LogP contribution is 2.32. The number of rotatable bonds is 7. The highest BCUT2D eigenvalue weighted by atomic mass is 16.6. The predicted molar refractivity (Wildman–Crippen MR) is 143 cm³/mol. The lowest BCUT2D eigenvalue weighted by molar-refractivity contribution is -0.122. The number of nitrogens with zero attached hydrogens (tertiary/aromatic N) is 4. The number of amides is 3. The number of piperazine rings is 1. The van der Waals surface area contributed by atoms with Gasteiger partial charge < -0.3 is 45.0 Å². The second-order valence-electron chi connectivity index (χ2n) is 9.88. The van der Waals surface area contributed by atoms with Crippen molar-refractivity contribution in [1.82, 2.24) is 15.2 Å². The van der Waals surface area contributed by atoms with Crippen LogP contribution in [0, 0.1) is 5.92 Å². The molecule has 3 fully saturated rings. The minimum atomic E-state index is -0.399. The zero-order chi connectivity index (χ0) is 27.2. The fourth-order valence-corrected chi connectivity index (χ4v) is 4.98. The number of aromatic nitrogens is 1. The van der Waals surface area contributed by atoms with E-state index in [1.165, 1.54) is 6.26 Å². The van der Waals surface area contributed by atoms with Crippen LogP contribution in [0.4, 0.5) is 22.2 Å². The topological polar surface area (TPSA) is 156 Å². The Labute approximate surface area is 226 Å². The summed E-state index contributed by atoms with van der Waals surface area (Å²) in [5, 5.41) is 6.17. The average Bonchev–Trinajstić information content (AvgIpc) is 3.48.